The van der Waals surface area contributed by atoms with Gasteiger partial charge in [-0.25, -0.2) is 4.79 Å². The van der Waals surface area contributed by atoms with Gasteiger partial charge in [-0.1, -0.05) is 0 Å². The van der Waals surface area contributed by atoms with Crippen LogP contribution in [0.5, 0.6) is 11.5 Å². The fraction of sp³-hybridized carbons (Fsp3) is 0.526. The molecule has 0 atom stereocenters. The molecule has 1 aromatic carbocycles. The molecule has 0 aromatic heterocycles. The van der Waals surface area contributed by atoms with E-state index in [9.17, 15) is 14.4 Å². The maximum atomic E-state index is 12.2. The number of hydrogen-bond donors (Lipinski definition) is 2. The van der Waals surface area contributed by atoms with Crippen LogP contribution in [0.1, 0.15) is 30.1 Å². The van der Waals surface area contributed by atoms with Crippen molar-refractivity contribution in [3.8, 4) is 11.5 Å². The fourth-order valence-corrected chi connectivity index (χ4v) is 2.94. The van der Waals surface area contributed by atoms with E-state index < -0.39 is 0 Å². The molecule has 1 saturated heterocycles. The number of carbonyl (C=O) groups is 3. The van der Waals surface area contributed by atoms with Gasteiger partial charge < -0.3 is 29.7 Å². The lowest BCUT2D eigenvalue weighted by atomic mass is 10.1. The molecule has 0 spiro atoms. The fourth-order valence-electron chi connectivity index (χ4n) is 2.94. The van der Waals surface area contributed by atoms with Gasteiger partial charge in [-0.15, -0.1) is 0 Å². The first kappa shape index (κ1) is 21.3. The molecule has 1 aromatic rings. The number of benzene rings is 1. The average molecular weight is 393 g/mol. The van der Waals surface area contributed by atoms with E-state index >= 15 is 0 Å². The van der Waals surface area contributed by atoms with E-state index in [0.29, 0.717) is 49.6 Å². The summed E-state index contributed by atoms with van der Waals surface area (Å²) in [5, 5.41) is 5.47. The Morgan fingerprint density at radius 2 is 1.79 bits per heavy atom. The van der Waals surface area contributed by atoms with Gasteiger partial charge in [0.15, 0.2) is 11.5 Å². The van der Waals surface area contributed by atoms with Crippen LogP contribution in [0, 0.1) is 0 Å². The van der Waals surface area contributed by atoms with Crippen molar-refractivity contribution < 1.29 is 28.6 Å². The second kappa shape index (κ2) is 10.4. The van der Waals surface area contributed by atoms with Gasteiger partial charge in [0.1, 0.15) is 0 Å². The highest BCUT2D eigenvalue weighted by atomic mass is 16.6. The van der Waals surface area contributed by atoms with Crippen LogP contribution in [0.2, 0.25) is 0 Å². The molecule has 0 radical (unpaired) electrons. The van der Waals surface area contributed by atoms with E-state index in [4.69, 9.17) is 14.2 Å². The van der Waals surface area contributed by atoms with Crippen LogP contribution in [0.15, 0.2) is 18.2 Å². The first-order chi connectivity index (χ1) is 13.5. The second-order valence-corrected chi connectivity index (χ2v) is 6.28. The minimum absolute atomic E-state index is 0.0313. The average Bonchev–Trinajstić information content (AvgIpc) is 2.72. The molecule has 0 aliphatic carbocycles. The number of nitrogens with one attached hydrogen (secondary N) is 2. The lowest BCUT2D eigenvalue weighted by molar-refractivity contribution is -0.121. The van der Waals surface area contributed by atoms with E-state index in [2.05, 4.69) is 10.6 Å². The summed E-state index contributed by atoms with van der Waals surface area (Å²) >= 11 is 0. The molecule has 1 aliphatic heterocycles. The zero-order chi connectivity index (χ0) is 20.5. The van der Waals surface area contributed by atoms with Gasteiger partial charge in [0.2, 0.25) is 5.91 Å². The minimum atomic E-state index is -0.381. The molecule has 1 fully saturated rings. The molecule has 1 aliphatic rings. The van der Waals surface area contributed by atoms with Crippen molar-refractivity contribution in [1.29, 1.82) is 0 Å². The van der Waals surface area contributed by atoms with E-state index in [-0.39, 0.29) is 30.5 Å². The second-order valence-electron chi connectivity index (χ2n) is 6.28. The van der Waals surface area contributed by atoms with Crippen LogP contribution in [0.4, 0.5) is 4.79 Å². The molecular weight excluding hydrogens is 366 g/mol. The molecule has 3 amide bonds. The SMILES string of the molecule is CCOC(=O)N1CCC(NC(=O)CNC(=O)c2ccc(OC)c(OC)c2)CC1. The number of rotatable bonds is 7. The van der Waals surface area contributed by atoms with Crippen LogP contribution >= 0.6 is 0 Å². The molecule has 9 heteroatoms. The smallest absolute Gasteiger partial charge is 0.409 e. The zero-order valence-electron chi connectivity index (χ0n) is 16.4. The van der Waals surface area contributed by atoms with Crippen molar-refractivity contribution in [2.45, 2.75) is 25.8 Å². The molecule has 154 valence electrons. The highest BCUT2D eigenvalue weighted by Crippen LogP contribution is 2.27. The third kappa shape index (κ3) is 5.77. The molecule has 1 heterocycles. The lowest BCUT2D eigenvalue weighted by Crippen LogP contribution is -2.48. The van der Waals surface area contributed by atoms with Gasteiger partial charge in [0, 0.05) is 24.7 Å². The van der Waals surface area contributed by atoms with E-state index in [1.54, 1.807) is 30.0 Å². The normalized spacial score (nSPS) is 14.2. The van der Waals surface area contributed by atoms with Crippen molar-refractivity contribution in [2.75, 3.05) is 40.5 Å². The summed E-state index contributed by atoms with van der Waals surface area (Å²) in [7, 11) is 3.00. The summed E-state index contributed by atoms with van der Waals surface area (Å²) < 4.78 is 15.3. The predicted molar refractivity (Wildman–Crippen MR) is 102 cm³/mol. The summed E-state index contributed by atoms with van der Waals surface area (Å²) in [5.74, 6) is 0.301. The van der Waals surface area contributed by atoms with Crippen LogP contribution in [-0.2, 0) is 9.53 Å². The summed E-state index contributed by atoms with van der Waals surface area (Å²) in [6.45, 7) is 3.03. The quantitative estimate of drug-likeness (QED) is 0.720. The summed E-state index contributed by atoms with van der Waals surface area (Å²) in [6, 6.07) is 4.75. The molecule has 0 bridgehead atoms. The van der Waals surface area contributed by atoms with Gasteiger partial charge in [0.05, 0.1) is 27.4 Å². The predicted octanol–water partition coefficient (Wildman–Crippen LogP) is 1.17. The Kier molecular flexibility index (Phi) is 7.91. The van der Waals surface area contributed by atoms with Crippen molar-refractivity contribution in [3.63, 3.8) is 0 Å². The van der Waals surface area contributed by atoms with E-state index in [1.165, 1.54) is 14.2 Å². The molecule has 2 rings (SSSR count). The Balaban J connectivity index is 1.77. The van der Waals surface area contributed by atoms with Crippen LogP contribution < -0.4 is 20.1 Å². The number of hydrogen-bond acceptors (Lipinski definition) is 6. The number of methoxy groups -OCH3 is 2. The molecule has 0 saturated carbocycles. The standard InChI is InChI=1S/C19H27N3O6/c1-4-28-19(25)22-9-7-14(8-10-22)21-17(23)12-20-18(24)13-5-6-15(26-2)16(11-13)27-3/h5-6,11,14H,4,7-10,12H2,1-3H3,(H,20,24)(H,21,23). The van der Waals surface area contributed by atoms with Crippen LogP contribution in [-0.4, -0.2) is 69.3 Å². The van der Waals surface area contributed by atoms with Gasteiger partial charge in [-0.05, 0) is 38.0 Å². The largest absolute Gasteiger partial charge is 0.493 e. The maximum absolute atomic E-state index is 12.2. The third-order valence-electron chi connectivity index (χ3n) is 4.44. The van der Waals surface area contributed by atoms with Crippen LogP contribution in [0.3, 0.4) is 0 Å². The summed E-state index contributed by atoms with van der Waals surface area (Å²) in [4.78, 5) is 37.7. The monoisotopic (exact) mass is 393 g/mol. The Morgan fingerprint density at radius 1 is 1.11 bits per heavy atom. The van der Waals surface area contributed by atoms with E-state index in [1.807, 2.05) is 0 Å². The summed E-state index contributed by atoms with van der Waals surface area (Å²) in [6.07, 6.45) is 0.969. The van der Waals surface area contributed by atoms with Gasteiger partial charge >= 0.3 is 6.09 Å². The number of nitrogens with zero attached hydrogens (tertiary/aromatic N) is 1. The number of likely N-dealkylation sites (tertiary alicyclic amines) is 1. The maximum Gasteiger partial charge on any atom is 0.409 e. The van der Waals surface area contributed by atoms with Crippen LogP contribution in [0.25, 0.3) is 0 Å². The van der Waals surface area contributed by atoms with E-state index in [0.717, 1.165) is 0 Å². The zero-order valence-corrected chi connectivity index (χ0v) is 16.4. The first-order valence-electron chi connectivity index (χ1n) is 9.19. The molecule has 0 unspecified atom stereocenters. The molecular formula is C19H27N3O6. The van der Waals surface area contributed by atoms with Gasteiger partial charge in [-0.2, -0.15) is 0 Å². The number of amides is 3. The minimum Gasteiger partial charge on any atom is -0.493 e. The Bertz CT molecular complexity index is 701. The Labute approximate surface area is 164 Å². The molecule has 2 N–H and O–H groups in total. The highest BCUT2D eigenvalue weighted by molar-refractivity contribution is 5.97. The number of piperidine rings is 1. The number of carbonyl (C=O) groups excluding carboxylic acids is 3. The van der Waals surface area contributed by atoms with Gasteiger partial charge in [-0.3, -0.25) is 9.59 Å². The molecule has 9 nitrogen and oxygen atoms in total. The number of ether oxygens (including phenoxy) is 3. The molecule has 28 heavy (non-hydrogen) atoms. The Hall–Kier alpha value is -2.97. The van der Waals surface area contributed by atoms with Crippen molar-refractivity contribution in [3.05, 3.63) is 23.8 Å². The first-order valence-corrected chi connectivity index (χ1v) is 9.19. The van der Waals surface area contributed by atoms with Crippen molar-refractivity contribution in [1.82, 2.24) is 15.5 Å². The van der Waals surface area contributed by atoms with Gasteiger partial charge in [0.25, 0.3) is 5.91 Å². The highest BCUT2D eigenvalue weighted by Gasteiger charge is 2.24. The lowest BCUT2D eigenvalue weighted by Gasteiger charge is -2.31. The van der Waals surface area contributed by atoms with Crippen molar-refractivity contribution in [2.24, 2.45) is 0 Å². The third-order valence-corrected chi connectivity index (χ3v) is 4.44. The summed E-state index contributed by atoms with van der Waals surface area (Å²) in [5.41, 5.74) is 0.369. The topological polar surface area (TPSA) is 106 Å². The Morgan fingerprint density at radius 3 is 2.39 bits per heavy atom. The van der Waals surface area contributed by atoms with Crippen molar-refractivity contribution >= 4 is 17.9 Å².